The Bertz CT molecular complexity index is 292. The van der Waals surface area contributed by atoms with Gasteiger partial charge in [0.25, 0.3) is 0 Å². The zero-order valence-corrected chi connectivity index (χ0v) is 14.7. The fourth-order valence-corrected chi connectivity index (χ4v) is 5.33. The van der Waals surface area contributed by atoms with Gasteiger partial charge in [-0.2, -0.15) is 0 Å². The molecule has 2 aliphatic carbocycles. The highest BCUT2D eigenvalue weighted by molar-refractivity contribution is 6.43. The second-order valence-corrected chi connectivity index (χ2v) is 8.03. The van der Waals surface area contributed by atoms with Gasteiger partial charge in [-0.25, -0.2) is 0 Å². The number of hydrogen-bond acceptors (Lipinski definition) is 2. The van der Waals surface area contributed by atoms with Crippen molar-refractivity contribution in [1.82, 2.24) is 0 Å². The first-order valence-electron chi connectivity index (χ1n) is 10.1. The molecular formula is C19H35BO2. The first-order valence-corrected chi connectivity index (χ1v) is 10.1. The third kappa shape index (κ3) is 3.56. The molecule has 0 amide bonds. The summed E-state index contributed by atoms with van der Waals surface area (Å²) in [6.07, 6.45) is 21.5. The Balaban J connectivity index is 1.83. The Morgan fingerprint density at radius 2 is 0.773 bits per heavy atom. The van der Waals surface area contributed by atoms with Crippen LogP contribution in [-0.4, -0.2) is 18.3 Å². The zero-order chi connectivity index (χ0) is 15.3. The van der Waals surface area contributed by atoms with E-state index in [-0.39, 0.29) is 18.3 Å². The van der Waals surface area contributed by atoms with Gasteiger partial charge in [0.2, 0.25) is 0 Å². The van der Waals surface area contributed by atoms with Crippen LogP contribution in [0, 0.1) is 0 Å². The summed E-state index contributed by atoms with van der Waals surface area (Å²) in [4.78, 5) is 0. The lowest BCUT2D eigenvalue weighted by molar-refractivity contribution is -0.0752. The smallest absolute Gasteiger partial charge is 0.403 e. The van der Waals surface area contributed by atoms with Gasteiger partial charge < -0.3 is 9.31 Å². The second-order valence-electron chi connectivity index (χ2n) is 8.03. The van der Waals surface area contributed by atoms with Crippen LogP contribution in [0.4, 0.5) is 0 Å². The zero-order valence-electron chi connectivity index (χ0n) is 14.7. The highest BCUT2D eigenvalue weighted by Gasteiger charge is 2.58. The minimum atomic E-state index is 0.00139. The third-order valence-electron chi connectivity index (χ3n) is 6.44. The molecule has 3 fully saturated rings. The monoisotopic (exact) mass is 306 g/mol. The lowest BCUT2D eigenvalue weighted by Crippen LogP contribution is -2.52. The molecule has 0 bridgehead atoms. The molecule has 1 saturated heterocycles. The maximum absolute atomic E-state index is 6.59. The molecule has 0 aromatic rings. The number of rotatable bonds is 0. The largest absolute Gasteiger partial charge is 0.454 e. The van der Waals surface area contributed by atoms with Gasteiger partial charge >= 0.3 is 7.12 Å². The third-order valence-corrected chi connectivity index (χ3v) is 6.44. The Morgan fingerprint density at radius 3 is 1.09 bits per heavy atom. The van der Waals surface area contributed by atoms with Crippen molar-refractivity contribution in [3.63, 3.8) is 0 Å². The summed E-state index contributed by atoms with van der Waals surface area (Å²) in [5.41, 5.74) is 0.0577. The van der Waals surface area contributed by atoms with Crippen molar-refractivity contribution in [2.45, 2.75) is 121 Å². The maximum Gasteiger partial charge on any atom is 0.454 e. The van der Waals surface area contributed by atoms with Gasteiger partial charge in [0.15, 0.2) is 0 Å². The van der Waals surface area contributed by atoms with Crippen molar-refractivity contribution in [1.29, 1.82) is 0 Å². The summed E-state index contributed by atoms with van der Waals surface area (Å²) in [7, 11) is 0.00139. The van der Waals surface area contributed by atoms with E-state index in [1.807, 2.05) is 0 Å². The van der Waals surface area contributed by atoms with Crippen LogP contribution >= 0.6 is 0 Å². The summed E-state index contributed by atoms with van der Waals surface area (Å²) in [5.74, 6) is 0. The van der Waals surface area contributed by atoms with Crippen LogP contribution in [0.1, 0.15) is 103 Å². The topological polar surface area (TPSA) is 18.5 Å². The summed E-state index contributed by atoms with van der Waals surface area (Å²) in [6.45, 7) is 2.13. The Kier molecular flexibility index (Phi) is 5.89. The van der Waals surface area contributed by atoms with Crippen molar-refractivity contribution in [2.75, 3.05) is 0 Å². The van der Waals surface area contributed by atoms with E-state index in [1.54, 1.807) is 0 Å². The van der Waals surface area contributed by atoms with E-state index in [0.717, 1.165) is 0 Å². The molecule has 126 valence electrons. The summed E-state index contributed by atoms with van der Waals surface area (Å²) < 4.78 is 13.2. The molecule has 0 N–H and O–H groups in total. The van der Waals surface area contributed by atoms with Gasteiger partial charge in [-0.15, -0.1) is 0 Å². The molecule has 1 heterocycles. The minimum Gasteiger partial charge on any atom is -0.403 e. The van der Waals surface area contributed by atoms with E-state index in [1.165, 1.54) is 103 Å². The summed E-state index contributed by atoms with van der Waals surface area (Å²) in [6, 6.07) is 0. The Morgan fingerprint density at radius 1 is 0.500 bits per heavy atom. The molecule has 0 aromatic heterocycles. The summed E-state index contributed by atoms with van der Waals surface area (Å²) >= 11 is 0. The van der Waals surface area contributed by atoms with E-state index < -0.39 is 0 Å². The van der Waals surface area contributed by atoms with E-state index in [4.69, 9.17) is 9.31 Å². The molecule has 0 unspecified atom stereocenters. The second kappa shape index (κ2) is 7.70. The van der Waals surface area contributed by atoms with Crippen molar-refractivity contribution in [3.05, 3.63) is 0 Å². The first-order chi connectivity index (χ1) is 10.8. The highest BCUT2D eigenvalue weighted by Crippen LogP contribution is 2.51. The van der Waals surface area contributed by atoms with Crippen molar-refractivity contribution < 1.29 is 9.31 Å². The van der Waals surface area contributed by atoms with E-state index in [9.17, 15) is 0 Å². The fourth-order valence-electron chi connectivity index (χ4n) is 5.33. The summed E-state index contributed by atoms with van der Waals surface area (Å²) in [5, 5.41) is 0. The van der Waals surface area contributed by atoms with Crippen molar-refractivity contribution in [3.8, 4) is 0 Å². The normalized spacial score (nSPS) is 30.1. The van der Waals surface area contributed by atoms with Crippen LogP contribution in [0.2, 0.25) is 6.82 Å². The molecule has 2 spiro atoms. The SMILES string of the molecule is CB1OC2(CCCCCCCC2)C2(CCCCCCCC2)O1. The first kappa shape index (κ1) is 16.8. The predicted molar refractivity (Wildman–Crippen MR) is 93.1 cm³/mol. The van der Waals surface area contributed by atoms with Crippen LogP contribution in [0.15, 0.2) is 0 Å². The van der Waals surface area contributed by atoms with E-state index in [2.05, 4.69) is 6.82 Å². The van der Waals surface area contributed by atoms with E-state index in [0.29, 0.717) is 0 Å². The fraction of sp³-hybridized carbons (Fsp3) is 1.00. The molecule has 1 aliphatic heterocycles. The maximum atomic E-state index is 6.59. The molecule has 3 aliphatic rings. The lowest BCUT2D eigenvalue weighted by atomic mass is 9.71. The van der Waals surface area contributed by atoms with Crippen LogP contribution in [0.5, 0.6) is 0 Å². The Hall–Kier alpha value is -0.0151. The molecule has 0 atom stereocenters. The Labute approximate surface area is 137 Å². The molecule has 3 rings (SSSR count). The van der Waals surface area contributed by atoms with Gasteiger partial charge in [-0.1, -0.05) is 77.0 Å². The van der Waals surface area contributed by atoms with Gasteiger partial charge in [0.05, 0.1) is 11.2 Å². The van der Waals surface area contributed by atoms with Gasteiger partial charge in [0, 0.05) is 0 Å². The van der Waals surface area contributed by atoms with Gasteiger partial charge in [-0.3, -0.25) is 0 Å². The predicted octanol–water partition coefficient (Wildman–Crippen LogP) is 5.90. The number of fused-ring (bicyclic) bond motifs is 1. The quantitative estimate of drug-likeness (QED) is 0.519. The van der Waals surface area contributed by atoms with Crippen molar-refractivity contribution in [2.24, 2.45) is 0 Å². The van der Waals surface area contributed by atoms with Crippen LogP contribution in [0.25, 0.3) is 0 Å². The average molecular weight is 306 g/mol. The molecule has 2 nitrogen and oxygen atoms in total. The van der Waals surface area contributed by atoms with Crippen LogP contribution in [0.3, 0.4) is 0 Å². The standard InChI is InChI=1S/C19H35BO2/c1-20-21-18(14-10-6-2-3-7-11-15-18)19(22-20)16-12-8-4-5-9-13-17-19/h2-17H2,1H3. The van der Waals surface area contributed by atoms with Crippen molar-refractivity contribution >= 4 is 7.12 Å². The van der Waals surface area contributed by atoms with Gasteiger partial charge in [0.1, 0.15) is 0 Å². The molecule has 0 aromatic carbocycles. The van der Waals surface area contributed by atoms with Crippen LogP contribution in [-0.2, 0) is 9.31 Å². The van der Waals surface area contributed by atoms with E-state index >= 15 is 0 Å². The number of hydrogen-bond donors (Lipinski definition) is 0. The minimum absolute atomic E-state index is 0.00139. The molecular weight excluding hydrogens is 271 g/mol. The molecule has 0 radical (unpaired) electrons. The molecule has 2 saturated carbocycles. The van der Waals surface area contributed by atoms with Crippen LogP contribution < -0.4 is 0 Å². The lowest BCUT2D eigenvalue weighted by Gasteiger charge is -2.45. The molecule has 3 heteroatoms. The molecule has 22 heavy (non-hydrogen) atoms. The highest BCUT2D eigenvalue weighted by atomic mass is 16.7. The average Bonchev–Trinajstić information content (AvgIpc) is 2.87. The van der Waals surface area contributed by atoms with Gasteiger partial charge in [-0.05, 0) is 32.5 Å².